The van der Waals surface area contributed by atoms with E-state index in [0.29, 0.717) is 37.4 Å². The Morgan fingerprint density at radius 2 is 2.06 bits per heavy atom. The van der Waals surface area contributed by atoms with Crippen molar-refractivity contribution < 1.29 is 28.6 Å². The monoisotopic (exact) mass is 454 g/mol. The highest BCUT2D eigenvalue weighted by Gasteiger charge is 2.20. The highest BCUT2D eigenvalue weighted by atomic mass is 35.5. The number of carbonyl (C=O) groups is 2. The van der Waals surface area contributed by atoms with Crippen molar-refractivity contribution in [1.82, 2.24) is 10.2 Å². The summed E-state index contributed by atoms with van der Waals surface area (Å²) < 4.78 is 16.0. The quantitative estimate of drug-likeness (QED) is 0.575. The Morgan fingerprint density at radius 1 is 1.35 bits per heavy atom. The third kappa shape index (κ3) is 5.55. The molecule has 2 N–H and O–H groups in total. The minimum atomic E-state index is -0.380. The summed E-state index contributed by atoms with van der Waals surface area (Å²) in [7, 11) is 1.33. The molecule has 1 aliphatic heterocycles. The van der Waals surface area contributed by atoms with Crippen molar-refractivity contribution in [2.24, 2.45) is 0 Å². The van der Waals surface area contributed by atoms with Gasteiger partial charge in [0, 0.05) is 38.2 Å². The molecule has 0 spiro atoms. The Bertz CT molecular complexity index is 1000. The zero-order valence-electron chi connectivity index (χ0n) is 17.6. The Morgan fingerprint density at radius 3 is 2.71 bits per heavy atom. The molecule has 1 aromatic carbocycles. The normalized spacial score (nSPS) is 14.1. The van der Waals surface area contributed by atoms with Gasteiger partial charge in [-0.1, -0.05) is 0 Å². The molecule has 0 radical (unpaired) electrons. The van der Waals surface area contributed by atoms with Crippen LogP contribution < -0.4 is 15.5 Å². The zero-order valence-corrected chi connectivity index (χ0v) is 18.4. The molecular formula is C21H27ClN2O7. The van der Waals surface area contributed by atoms with E-state index >= 15 is 0 Å². The molecule has 0 aliphatic carbocycles. The first kappa shape index (κ1) is 24.6. The topological polar surface area (TPSA) is 118 Å². The van der Waals surface area contributed by atoms with Crippen molar-refractivity contribution in [1.29, 1.82) is 0 Å². The van der Waals surface area contributed by atoms with Gasteiger partial charge in [0.2, 0.25) is 5.91 Å². The van der Waals surface area contributed by atoms with E-state index in [1.165, 1.54) is 13.2 Å². The SMILES string of the molecule is COc1cc2c(=O)c(CCC(=O)NCCN3CCOCC3)c(C)oc2c(C=O)c1O.Cl. The number of fused-ring (bicyclic) bond motifs is 1. The number of carbonyl (C=O) groups excluding carboxylic acids is 2. The molecule has 1 aliphatic rings. The van der Waals surface area contributed by atoms with Crippen molar-refractivity contribution in [3.8, 4) is 11.5 Å². The lowest BCUT2D eigenvalue weighted by atomic mass is 10.0. The van der Waals surface area contributed by atoms with E-state index in [4.69, 9.17) is 13.9 Å². The number of methoxy groups -OCH3 is 1. The number of aromatic hydroxyl groups is 1. The fraction of sp³-hybridized carbons (Fsp3) is 0.476. The number of amides is 1. The lowest BCUT2D eigenvalue weighted by Crippen LogP contribution is -2.41. The Kier molecular flexibility index (Phi) is 8.85. The minimum absolute atomic E-state index is 0. The number of ether oxygens (including phenoxy) is 2. The fourth-order valence-electron chi connectivity index (χ4n) is 3.53. The largest absolute Gasteiger partial charge is 0.504 e. The second-order valence-electron chi connectivity index (χ2n) is 7.11. The first-order valence-corrected chi connectivity index (χ1v) is 9.84. The maximum Gasteiger partial charge on any atom is 0.220 e. The maximum atomic E-state index is 13.0. The van der Waals surface area contributed by atoms with Gasteiger partial charge in [0.25, 0.3) is 0 Å². The first-order chi connectivity index (χ1) is 14.5. The number of morpholine rings is 1. The van der Waals surface area contributed by atoms with Gasteiger partial charge in [0.15, 0.2) is 28.8 Å². The summed E-state index contributed by atoms with van der Waals surface area (Å²) in [5.41, 5.74) is -0.131. The average molecular weight is 455 g/mol. The van der Waals surface area contributed by atoms with Gasteiger partial charge in [-0.2, -0.15) is 0 Å². The number of phenols is 1. The van der Waals surface area contributed by atoms with Gasteiger partial charge in [-0.05, 0) is 19.4 Å². The molecule has 0 saturated carbocycles. The Labute approximate surface area is 185 Å². The molecule has 1 fully saturated rings. The van der Waals surface area contributed by atoms with E-state index < -0.39 is 0 Å². The lowest BCUT2D eigenvalue weighted by Gasteiger charge is -2.26. The number of nitrogens with one attached hydrogen (secondary N) is 1. The van der Waals surface area contributed by atoms with Gasteiger partial charge >= 0.3 is 0 Å². The summed E-state index contributed by atoms with van der Waals surface area (Å²) >= 11 is 0. The molecule has 1 amide bonds. The second-order valence-corrected chi connectivity index (χ2v) is 7.11. The molecule has 0 bridgehead atoms. The minimum Gasteiger partial charge on any atom is -0.504 e. The van der Waals surface area contributed by atoms with E-state index in [1.807, 2.05) is 0 Å². The number of hydrogen-bond donors (Lipinski definition) is 2. The van der Waals surface area contributed by atoms with Crippen LogP contribution in [-0.4, -0.2) is 68.7 Å². The van der Waals surface area contributed by atoms with Gasteiger partial charge < -0.3 is 24.3 Å². The lowest BCUT2D eigenvalue weighted by molar-refractivity contribution is -0.121. The van der Waals surface area contributed by atoms with Gasteiger partial charge in [-0.25, -0.2) is 0 Å². The highest BCUT2D eigenvalue weighted by Crippen LogP contribution is 2.35. The van der Waals surface area contributed by atoms with Crippen molar-refractivity contribution >= 4 is 35.6 Å². The van der Waals surface area contributed by atoms with E-state index in [0.717, 1.165) is 19.6 Å². The summed E-state index contributed by atoms with van der Waals surface area (Å²) in [4.78, 5) is 38.8. The molecule has 1 aromatic heterocycles. The van der Waals surface area contributed by atoms with Crippen LogP contribution in [0.15, 0.2) is 15.3 Å². The van der Waals surface area contributed by atoms with E-state index in [2.05, 4.69) is 10.2 Å². The predicted molar refractivity (Wildman–Crippen MR) is 117 cm³/mol. The molecule has 1 saturated heterocycles. The number of nitrogens with zero attached hydrogens (tertiary/aromatic N) is 1. The highest BCUT2D eigenvalue weighted by molar-refractivity contribution is 5.99. The molecule has 9 nitrogen and oxygen atoms in total. The number of aryl methyl sites for hydroxylation is 1. The van der Waals surface area contributed by atoms with Crippen molar-refractivity contribution in [3.05, 3.63) is 33.2 Å². The second kappa shape index (κ2) is 11.1. The molecule has 10 heteroatoms. The molecule has 2 aromatic rings. The number of aldehydes is 1. The Hall–Kier alpha value is -2.62. The predicted octanol–water partition coefficient (Wildman–Crippen LogP) is 1.43. The van der Waals surface area contributed by atoms with E-state index in [1.54, 1.807) is 6.92 Å². The third-order valence-electron chi connectivity index (χ3n) is 5.25. The van der Waals surface area contributed by atoms with Gasteiger partial charge in [-0.3, -0.25) is 19.3 Å². The van der Waals surface area contributed by atoms with Crippen LogP contribution in [0.3, 0.4) is 0 Å². The molecule has 170 valence electrons. The fourth-order valence-corrected chi connectivity index (χ4v) is 3.53. The molecule has 3 rings (SSSR count). The van der Waals surface area contributed by atoms with E-state index in [9.17, 15) is 19.5 Å². The summed E-state index contributed by atoms with van der Waals surface area (Å²) in [5.74, 6) is -0.220. The molecule has 2 heterocycles. The van der Waals surface area contributed by atoms with Crippen molar-refractivity contribution in [3.63, 3.8) is 0 Å². The van der Waals surface area contributed by atoms with Crippen LogP contribution in [0.25, 0.3) is 11.0 Å². The number of phenolic OH excluding ortho intramolecular Hbond substituents is 1. The smallest absolute Gasteiger partial charge is 0.220 e. The summed E-state index contributed by atoms with van der Waals surface area (Å²) in [6, 6.07) is 1.34. The van der Waals surface area contributed by atoms with Crippen LogP contribution in [0.2, 0.25) is 0 Å². The van der Waals surface area contributed by atoms with Crippen LogP contribution in [0.4, 0.5) is 0 Å². The van der Waals surface area contributed by atoms with Crippen LogP contribution in [0.1, 0.15) is 28.1 Å². The maximum absolute atomic E-state index is 13.0. The third-order valence-corrected chi connectivity index (χ3v) is 5.25. The first-order valence-electron chi connectivity index (χ1n) is 9.84. The van der Waals surface area contributed by atoms with Crippen LogP contribution in [-0.2, 0) is 16.0 Å². The van der Waals surface area contributed by atoms with Crippen LogP contribution >= 0.6 is 12.4 Å². The molecule has 31 heavy (non-hydrogen) atoms. The Balaban J connectivity index is 0.00000341. The van der Waals surface area contributed by atoms with Crippen LogP contribution in [0, 0.1) is 6.92 Å². The van der Waals surface area contributed by atoms with Gasteiger partial charge in [-0.15, -0.1) is 12.4 Å². The summed E-state index contributed by atoms with van der Waals surface area (Å²) in [5, 5.41) is 13.1. The number of benzene rings is 1. The van der Waals surface area contributed by atoms with Gasteiger partial charge in [0.1, 0.15) is 11.3 Å². The number of rotatable bonds is 8. The summed E-state index contributed by atoms with van der Waals surface area (Å²) in [6.45, 7) is 6.01. The van der Waals surface area contributed by atoms with Crippen molar-refractivity contribution in [2.75, 3.05) is 46.5 Å². The number of halogens is 1. The van der Waals surface area contributed by atoms with Gasteiger partial charge in [0.05, 0.1) is 25.7 Å². The molecule has 0 unspecified atom stereocenters. The molecular weight excluding hydrogens is 428 g/mol. The summed E-state index contributed by atoms with van der Waals surface area (Å²) in [6.07, 6.45) is 0.757. The zero-order chi connectivity index (χ0) is 21.7. The average Bonchev–Trinajstić information content (AvgIpc) is 2.74. The van der Waals surface area contributed by atoms with Crippen LogP contribution in [0.5, 0.6) is 11.5 Å². The molecule has 0 atom stereocenters. The van der Waals surface area contributed by atoms with E-state index in [-0.39, 0.29) is 64.6 Å². The van der Waals surface area contributed by atoms with Crippen molar-refractivity contribution in [2.45, 2.75) is 19.8 Å². The standard InChI is InChI=1S/C21H26N2O7.ClH/c1-13-14(3-4-18(25)22-5-6-23-7-9-29-10-8-23)19(26)15-11-17(28-2)20(27)16(12-24)21(15)30-13;/h11-12,27H,3-10H2,1-2H3,(H,22,25);1H. The number of hydrogen-bond acceptors (Lipinski definition) is 8.